The Morgan fingerprint density at radius 2 is 2.20 bits per heavy atom. The summed E-state index contributed by atoms with van der Waals surface area (Å²) in [6, 6.07) is -0.177. The van der Waals surface area contributed by atoms with Crippen molar-refractivity contribution in [1.29, 1.82) is 0 Å². The summed E-state index contributed by atoms with van der Waals surface area (Å²) < 4.78 is 4.62. The lowest BCUT2D eigenvalue weighted by molar-refractivity contribution is 0.172. The molecule has 2 amide bonds. The second-order valence-corrected chi connectivity index (χ2v) is 1.87. The number of nitrogens with one attached hydrogen (secondary N) is 2. The van der Waals surface area contributed by atoms with Gasteiger partial charge in [0.15, 0.2) is 0 Å². The zero-order chi connectivity index (χ0) is 7.82. The maximum atomic E-state index is 10.7. The molecule has 0 aliphatic carbocycles. The zero-order valence-corrected chi connectivity index (χ0v) is 6.44. The van der Waals surface area contributed by atoms with Gasteiger partial charge in [-0.05, 0) is 6.42 Å². The predicted octanol–water partition coefficient (Wildman–Crippen LogP) is 0.299. The van der Waals surface area contributed by atoms with Gasteiger partial charge in [0.25, 0.3) is 0 Å². The van der Waals surface area contributed by atoms with Crippen molar-refractivity contribution in [3.63, 3.8) is 0 Å². The lowest BCUT2D eigenvalue weighted by Gasteiger charge is -2.03. The second kappa shape index (κ2) is 6.35. The fourth-order valence-electron chi connectivity index (χ4n) is 0.439. The number of carbonyl (C=O) groups excluding carboxylic acids is 1. The summed E-state index contributed by atoms with van der Waals surface area (Å²) in [7, 11) is 1.53. The van der Waals surface area contributed by atoms with Crippen LogP contribution in [0.4, 0.5) is 4.79 Å². The summed E-state index contributed by atoms with van der Waals surface area (Å²) in [5.74, 6) is 0. The molecule has 0 fully saturated rings. The molecular weight excluding hydrogens is 132 g/mol. The summed E-state index contributed by atoms with van der Waals surface area (Å²) in [6.07, 6.45) is 0.945. The Morgan fingerprint density at radius 1 is 1.50 bits per heavy atom. The molecule has 4 nitrogen and oxygen atoms in total. The quantitative estimate of drug-likeness (QED) is 0.560. The smallest absolute Gasteiger partial charge is 0.316 e. The molecule has 0 heterocycles. The van der Waals surface area contributed by atoms with Gasteiger partial charge in [0.05, 0.1) is 0 Å². The van der Waals surface area contributed by atoms with E-state index in [-0.39, 0.29) is 12.8 Å². The maximum absolute atomic E-state index is 10.7. The third-order valence-electron chi connectivity index (χ3n) is 0.913. The molecule has 60 valence electrons. The molecule has 0 aromatic rings. The van der Waals surface area contributed by atoms with Crippen molar-refractivity contribution >= 4 is 6.03 Å². The van der Waals surface area contributed by atoms with E-state index in [9.17, 15) is 4.79 Å². The molecule has 0 spiro atoms. The first kappa shape index (κ1) is 9.23. The van der Waals surface area contributed by atoms with Crippen LogP contribution in [0.3, 0.4) is 0 Å². The Labute approximate surface area is 60.9 Å². The van der Waals surface area contributed by atoms with E-state index in [1.165, 1.54) is 7.11 Å². The van der Waals surface area contributed by atoms with Crippen LogP contribution in [0.5, 0.6) is 0 Å². The third-order valence-corrected chi connectivity index (χ3v) is 0.913. The first-order valence-electron chi connectivity index (χ1n) is 3.32. The van der Waals surface area contributed by atoms with Crippen molar-refractivity contribution in [3.05, 3.63) is 0 Å². The van der Waals surface area contributed by atoms with Crippen LogP contribution in [-0.4, -0.2) is 26.4 Å². The molecule has 0 saturated heterocycles. The van der Waals surface area contributed by atoms with Gasteiger partial charge in [-0.15, -0.1) is 0 Å². The van der Waals surface area contributed by atoms with E-state index in [0.717, 1.165) is 6.42 Å². The number of methoxy groups -OCH3 is 1. The van der Waals surface area contributed by atoms with E-state index in [4.69, 9.17) is 0 Å². The minimum absolute atomic E-state index is 0.177. The van der Waals surface area contributed by atoms with Crippen molar-refractivity contribution in [2.75, 3.05) is 20.4 Å². The van der Waals surface area contributed by atoms with Crippen LogP contribution in [0.25, 0.3) is 0 Å². The number of hydrogen-bond donors (Lipinski definition) is 2. The standard InChI is InChI=1S/C6H14N2O2/c1-3-4-7-6(9)8-5-10-2/h3-5H2,1-2H3,(H2,7,8,9). The Balaban J connectivity index is 3.09. The van der Waals surface area contributed by atoms with Crippen molar-refractivity contribution in [2.24, 2.45) is 0 Å². The summed E-state index contributed by atoms with van der Waals surface area (Å²) in [4.78, 5) is 10.7. The molecule has 0 aromatic carbocycles. The van der Waals surface area contributed by atoms with Crippen LogP contribution in [0.2, 0.25) is 0 Å². The van der Waals surface area contributed by atoms with Crippen molar-refractivity contribution in [3.8, 4) is 0 Å². The molecule has 0 rings (SSSR count). The number of urea groups is 1. The largest absolute Gasteiger partial charge is 0.364 e. The van der Waals surface area contributed by atoms with Gasteiger partial charge in [-0.2, -0.15) is 0 Å². The molecular formula is C6H14N2O2. The van der Waals surface area contributed by atoms with Crippen molar-refractivity contribution in [2.45, 2.75) is 13.3 Å². The number of hydrogen-bond acceptors (Lipinski definition) is 2. The topological polar surface area (TPSA) is 50.4 Å². The van der Waals surface area contributed by atoms with E-state index < -0.39 is 0 Å². The van der Waals surface area contributed by atoms with Gasteiger partial charge in [0, 0.05) is 13.7 Å². The van der Waals surface area contributed by atoms with Crippen LogP contribution in [0.15, 0.2) is 0 Å². The van der Waals surface area contributed by atoms with Gasteiger partial charge in [0.1, 0.15) is 6.73 Å². The van der Waals surface area contributed by atoms with Gasteiger partial charge in [-0.1, -0.05) is 6.92 Å². The monoisotopic (exact) mass is 146 g/mol. The summed E-state index contributed by atoms with van der Waals surface area (Å²) in [5.41, 5.74) is 0. The summed E-state index contributed by atoms with van der Waals surface area (Å²) in [5, 5.41) is 5.13. The highest BCUT2D eigenvalue weighted by atomic mass is 16.5. The van der Waals surface area contributed by atoms with Gasteiger partial charge in [-0.25, -0.2) is 4.79 Å². The predicted molar refractivity (Wildman–Crippen MR) is 38.7 cm³/mol. The number of ether oxygens (including phenoxy) is 1. The molecule has 10 heavy (non-hydrogen) atoms. The minimum atomic E-state index is -0.177. The Bertz CT molecular complexity index is 85.7. The van der Waals surface area contributed by atoms with E-state index >= 15 is 0 Å². The van der Waals surface area contributed by atoms with Gasteiger partial charge in [0.2, 0.25) is 0 Å². The summed E-state index contributed by atoms with van der Waals surface area (Å²) in [6.45, 7) is 2.96. The first-order chi connectivity index (χ1) is 4.81. The van der Waals surface area contributed by atoms with Crippen LogP contribution in [-0.2, 0) is 4.74 Å². The van der Waals surface area contributed by atoms with E-state index in [2.05, 4.69) is 15.4 Å². The molecule has 0 radical (unpaired) electrons. The van der Waals surface area contributed by atoms with Gasteiger partial charge < -0.3 is 15.4 Å². The van der Waals surface area contributed by atoms with Crippen LogP contribution >= 0.6 is 0 Å². The van der Waals surface area contributed by atoms with Crippen LogP contribution in [0.1, 0.15) is 13.3 Å². The Morgan fingerprint density at radius 3 is 2.70 bits per heavy atom. The average molecular weight is 146 g/mol. The SMILES string of the molecule is CCCNC(=O)NCOC. The molecule has 0 aromatic heterocycles. The fraction of sp³-hybridized carbons (Fsp3) is 0.833. The maximum Gasteiger partial charge on any atom is 0.316 e. The molecule has 4 heteroatoms. The van der Waals surface area contributed by atoms with Gasteiger partial charge >= 0.3 is 6.03 Å². The second-order valence-electron chi connectivity index (χ2n) is 1.87. The first-order valence-corrected chi connectivity index (χ1v) is 3.32. The highest BCUT2D eigenvalue weighted by Gasteiger charge is 1.93. The molecule has 0 unspecified atom stereocenters. The lowest BCUT2D eigenvalue weighted by atomic mass is 10.5. The van der Waals surface area contributed by atoms with Crippen molar-refractivity contribution < 1.29 is 9.53 Å². The fourth-order valence-corrected chi connectivity index (χ4v) is 0.439. The molecule has 0 aliphatic rings. The molecule has 0 aliphatic heterocycles. The van der Waals surface area contributed by atoms with E-state index in [1.54, 1.807) is 0 Å². The van der Waals surface area contributed by atoms with Crippen LogP contribution < -0.4 is 10.6 Å². The highest BCUT2D eigenvalue weighted by Crippen LogP contribution is 1.70. The van der Waals surface area contributed by atoms with Gasteiger partial charge in [-0.3, -0.25) is 0 Å². The third kappa shape index (κ3) is 5.37. The number of carbonyl (C=O) groups is 1. The number of amides is 2. The van der Waals surface area contributed by atoms with E-state index in [1.807, 2.05) is 6.92 Å². The van der Waals surface area contributed by atoms with Crippen LogP contribution in [0, 0.1) is 0 Å². The summed E-state index contributed by atoms with van der Waals surface area (Å²) >= 11 is 0. The lowest BCUT2D eigenvalue weighted by Crippen LogP contribution is -2.36. The molecule has 0 saturated carbocycles. The average Bonchev–Trinajstić information content (AvgIpc) is 1.97. The number of rotatable bonds is 4. The normalized spacial score (nSPS) is 9.00. The molecule has 2 N–H and O–H groups in total. The molecule has 0 atom stereocenters. The zero-order valence-electron chi connectivity index (χ0n) is 6.44. The highest BCUT2D eigenvalue weighted by molar-refractivity contribution is 5.73. The molecule has 0 bridgehead atoms. The van der Waals surface area contributed by atoms with E-state index in [0.29, 0.717) is 6.54 Å². The minimum Gasteiger partial charge on any atom is -0.364 e. The van der Waals surface area contributed by atoms with Crippen molar-refractivity contribution in [1.82, 2.24) is 10.6 Å². The Kier molecular flexibility index (Phi) is 5.86. The Hall–Kier alpha value is -0.770.